The van der Waals surface area contributed by atoms with E-state index in [4.69, 9.17) is 11.6 Å². The summed E-state index contributed by atoms with van der Waals surface area (Å²) in [7, 11) is 0. The third-order valence-corrected chi connectivity index (χ3v) is 4.68. The lowest BCUT2D eigenvalue weighted by molar-refractivity contribution is 0.215. The monoisotopic (exact) mass is 283 g/mol. The number of nitrogens with zero attached hydrogens (tertiary/aromatic N) is 2. The number of aryl methyl sites for hydroxylation is 1. The molecule has 1 N–H and O–H groups in total. The van der Waals surface area contributed by atoms with Gasteiger partial charge in [-0.2, -0.15) is 5.10 Å². The van der Waals surface area contributed by atoms with Gasteiger partial charge in [-0.1, -0.05) is 45.2 Å². The van der Waals surface area contributed by atoms with E-state index < -0.39 is 0 Å². The van der Waals surface area contributed by atoms with Gasteiger partial charge in [0.1, 0.15) is 0 Å². The topological polar surface area (TPSA) is 29.9 Å². The summed E-state index contributed by atoms with van der Waals surface area (Å²) < 4.78 is 2.10. The van der Waals surface area contributed by atoms with Crippen molar-refractivity contribution in [2.24, 2.45) is 5.41 Å². The molecule has 1 aromatic rings. The van der Waals surface area contributed by atoms with Crippen LogP contribution in [-0.4, -0.2) is 16.3 Å². The first-order chi connectivity index (χ1) is 9.12. The SMILES string of the molecule is CCCn1ncc(Cl)c1C(NCC)C1(C)CCCC1. The summed E-state index contributed by atoms with van der Waals surface area (Å²) in [6.45, 7) is 8.65. The second kappa shape index (κ2) is 6.27. The molecule has 0 saturated heterocycles. The fourth-order valence-electron chi connectivity index (χ4n) is 3.40. The van der Waals surface area contributed by atoms with Gasteiger partial charge >= 0.3 is 0 Å². The number of hydrogen-bond donors (Lipinski definition) is 1. The standard InChI is InChI=1S/C15H26ClN3/c1-4-10-19-13(12(16)11-18-19)14(17-5-2)15(3)8-6-7-9-15/h11,14,17H,4-10H2,1-3H3. The Morgan fingerprint density at radius 1 is 1.42 bits per heavy atom. The molecule has 1 saturated carbocycles. The van der Waals surface area contributed by atoms with E-state index in [1.54, 1.807) is 6.20 Å². The van der Waals surface area contributed by atoms with E-state index in [0.29, 0.717) is 11.5 Å². The van der Waals surface area contributed by atoms with Crippen LogP contribution < -0.4 is 5.32 Å². The van der Waals surface area contributed by atoms with Crippen molar-refractivity contribution in [1.82, 2.24) is 15.1 Å². The van der Waals surface area contributed by atoms with Gasteiger partial charge in [-0.05, 0) is 31.2 Å². The molecule has 1 aliphatic carbocycles. The summed E-state index contributed by atoms with van der Waals surface area (Å²) in [6.07, 6.45) is 8.10. The van der Waals surface area contributed by atoms with Gasteiger partial charge in [0.05, 0.1) is 23.0 Å². The highest BCUT2D eigenvalue weighted by Gasteiger charge is 2.40. The van der Waals surface area contributed by atoms with Crippen molar-refractivity contribution >= 4 is 11.6 Å². The Morgan fingerprint density at radius 3 is 2.68 bits per heavy atom. The van der Waals surface area contributed by atoms with Gasteiger partial charge in [-0.25, -0.2) is 0 Å². The molecule has 0 amide bonds. The van der Waals surface area contributed by atoms with Crippen molar-refractivity contribution in [3.63, 3.8) is 0 Å². The Kier molecular flexibility index (Phi) is 4.91. The largest absolute Gasteiger partial charge is 0.308 e. The molecule has 1 unspecified atom stereocenters. The zero-order valence-electron chi connectivity index (χ0n) is 12.4. The summed E-state index contributed by atoms with van der Waals surface area (Å²) in [5.41, 5.74) is 1.50. The smallest absolute Gasteiger partial charge is 0.0834 e. The second-order valence-corrected chi connectivity index (χ2v) is 6.36. The highest BCUT2D eigenvalue weighted by Crippen LogP contribution is 2.48. The molecule has 0 spiro atoms. The van der Waals surface area contributed by atoms with E-state index in [-0.39, 0.29) is 0 Å². The van der Waals surface area contributed by atoms with Crippen LogP contribution in [0.4, 0.5) is 0 Å². The van der Waals surface area contributed by atoms with Crippen molar-refractivity contribution in [3.8, 4) is 0 Å². The Labute approximate surface area is 121 Å². The third-order valence-electron chi connectivity index (χ3n) is 4.39. The first kappa shape index (κ1) is 14.9. The Balaban J connectivity index is 2.35. The molecule has 19 heavy (non-hydrogen) atoms. The van der Waals surface area contributed by atoms with Gasteiger partial charge in [0, 0.05) is 6.54 Å². The molecule has 0 bridgehead atoms. The lowest BCUT2D eigenvalue weighted by atomic mass is 9.79. The lowest BCUT2D eigenvalue weighted by Crippen LogP contribution is -2.36. The van der Waals surface area contributed by atoms with Gasteiger partial charge in [-0.15, -0.1) is 0 Å². The number of hydrogen-bond acceptors (Lipinski definition) is 2. The minimum absolute atomic E-state index is 0.311. The maximum atomic E-state index is 6.43. The van der Waals surface area contributed by atoms with E-state index in [2.05, 4.69) is 35.9 Å². The quantitative estimate of drug-likeness (QED) is 0.849. The second-order valence-electron chi connectivity index (χ2n) is 5.95. The van der Waals surface area contributed by atoms with Crippen LogP contribution in [0.15, 0.2) is 6.20 Å². The molecule has 3 nitrogen and oxygen atoms in total. The summed E-state index contributed by atoms with van der Waals surface area (Å²) in [5, 5.41) is 8.93. The van der Waals surface area contributed by atoms with E-state index in [1.807, 2.05) is 0 Å². The van der Waals surface area contributed by atoms with E-state index in [9.17, 15) is 0 Å². The highest BCUT2D eigenvalue weighted by molar-refractivity contribution is 6.31. The summed E-state index contributed by atoms with van der Waals surface area (Å²) in [5.74, 6) is 0. The number of nitrogens with one attached hydrogen (secondary N) is 1. The molecule has 1 aliphatic rings. The summed E-state index contributed by atoms with van der Waals surface area (Å²) in [4.78, 5) is 0. The molecule has 4 heteroatoms. The van der Waals surface area contributed by atoms with Crippen LogP contribution in [0.2, 0.25) is 5.02 Å². The molecule has 1 fully saturated rings. The van der Waals surface area contributed by atoms with Gasteiger partial charge in [0.2, 0.25) is 0 Å². The van der Waals surface area contributed by atoms with Crippen LogP contribution in [0.3, 0.4) is 0 Å². The molecule has 1 atom stereocenters. The molecular formula is C15H26ClN3. The van der Waals surface area contributed by atoms with E-state index in [1.165, 1.54) is 31.4 Å². The molecular weight excluding hydrogens is 258 g/mol. The summed E-state index contributed by atoms with van der Waals surface area (Å²) >= 11 is 6.43. The molecule has 1 aromatic heterocycles. The zero-order chi connectivity index (χ0) is 13.9. The van der Waals surface area contributed by atoms with Crippen LogP contribution >= 0.6 is 11.6 Å². The van der Waals surface area contributed by atoms with Crippen molar-refractivity contribution in [2.75, 3.05) is 6.54 Å². The maximum absolute atomic E-state index is 6.43. The fourth-order valence-corrected chi connectivity index (χ4v) is 3.65. The average molecular weight is 284 g/mol. The normalized spacial score (nSPS) is 19.8. The van der Waals surface area contributed by atoms with Crippen LogP contribution in [0.5, 0.6) is 0 Å². The predicted octanol–water partition coefficient (Wildman–Crippen LogP) is 4.18. The van der Waals surface area contributed by atoms with Gasteiger partial charge in [-0.3, -0.25) is 4.68 Å². The molecule has 1 heterocycles. The van der Waals surface area contributed by atoms with Crippen molar-refractivity contribution < 1.29 is 0 Å². The van der Waals surface area contributed by atoms with Crippen LogP contribution in [0.25, 0.3) is 0 Å². The number of rotatable bonds is 6. The molecule has 108 valence electrons. The van der Waals surface area contributed by atoms with Crippen LogP contribution in [0.1, 0.15) is 64.6 Å². The van der Waals surface area contributed by atoms with Gasteiger partial charge in [0.15, 0.2) is 0 Å². The third kappa shape index (κ3) is 2.97. The molecule has 2 rings (SSSR count). The minimum atomic E-state index is 0.311. The van der Waals surface area contributed by atoms with Gasteiger partial charge in [0.25, 0.3) is 0 Å². The van der Waals surface area contributed by atoms with Crippen LogP contribution in [0, 0.1) is 5.41 Å². The minimum Gasteiger partial charge on any atom is -0.308 e. The first-order valence-electron chi connectivity index (χ1n) is 7.57. The Bertz CT molecular complexity index is 408. The summed E-state index contributed by atoms with van der Waals surface area (Å²) in [6, 6.07) is 0.321. The van der Waals surface area contributed by atoms with Crippen LogP contribution in [-0.2, 0) is 6.54 Å². The van der Waals surface area contributed by atoms with Gasteiger partial charge < -0.3 is 5.32 Å². The molecule has 0 aromatic carbocycles. The average Bonchev–Trinajstić information content (AvgIpc) is 2.96. The number of halogens is 1. The maximum Gasteiger partial charge on any atom is 0.0834 e. The van der Waals surface area contributed by atoms with Crippen molar-refractivity contribution in [2.45, 2.75) is 65.5 Å². The molecule has 0 aliphatic heterocycles. The Morgan fingerprint density at radius 2 is 2.11 bits per heavy atom. The first-order valence-corrected chi connectivity index (χ1v) is 7.94. The highest BCUT2D eigenvalue weighted by atomic mass is 35.5. The number of aromatic nitrogens is 2. The van der Waals surface area contributed by atoms with E-state index >= 15 is 0 Å². The predicted molar refractivity (Wildman–Crippen MR) is 80.5 cm³/mol. The van der Waals surface area contributed by atoms with Crippen molar-refractivity contribution in [3.05, 3.63) is 16.9 Å². The lowest BCUT2D eigenvalue weighted by Gasteiger charge is -2.35. The molecule has 0 radical (unpaired) electrons. The van der Waals surface area contributed by atoms with Crippen molar-refractivity contribution in [1.29, 1.82) is 0 Å². The zero-order valence-corrected chi connectivity index (χ0v) is 13.1. The Hall–Kier alpha value is -0.540. The fraction of sp³-hybridized carbons (Fsp3) is 0.800. The van der Waals surface area contributed by atoms with E-state index in [0.717, 1.165) is 24.5 Å².